The van der Waals surface area contributed by atoms with Crippen LogP contribution in [0.5, 0.6) is 11.5 Å². The first-order chi connectivity index (χ1) is 16.0. The second kappa shape index (κ2) is 9.44. The van der Waals surface area contributed by atoms with E-state index in [9.17, 15) is 14.4 Å². The van der Waals surface area contributed by atoms with Gasteiger partial charge in [-0.2, -0.15) is 0 Å². The third kappa shape index (κ3) is 4.79. The molecule has 1 saturated heterocycles. The number of benzene rings is 3. The van der Waals surface area contributed by atoms with E-state index >= 15 is 0 Å². The molecule has 0 aliphatic carbocycles. The molecule has 1 aliphatic heterocycles. The molecular weight excluding hydrogens is 422 g/mol. The highest BCUT2D eigenvalue weighted by Gasteiger charge is 2.39. The average molecular weight is 445 g/mol. The lowest BCUT2D eigenvalue weighted by Gasteiger charge is -2.16. The number of imide groups is 1. The zero-order chi connectivity index (χ0) is 23.4. The van der Waals surface area contributed by atoms with Gasteiger partial charge in [-0.1, -0.05) is 0 Å². The third-order valence-electron chi connectivity index (χ3n) is 5.31. The first-order valence-corrected chi connectivity index (χ1v) is 10.3. The molecule has 0 aromatic heterocycles. The monoisotopic (exact) mass is 445 g/mol. The Labute approximate surface area is 191 Å². The Morgan fingerprint density at radius 3 is 1.94 bits per heavy atom. The first kappa shape index (κ1) is 21.9. The summed E-state index contributed by atoms with van der Waals surface area (Å²) >= 11 is 0. The maximum absolute atomic E-state index is 12.8. The number of methoxy groups -OCH3 is 2. The summed E-state index contributed by atoms with van der Waals surface area (Å²) in [7, 11) is 3.13. The smallest absolute Gasteiger partial charge is 0.256 e. The Bertz CT molecular complexity index is 1160. The van der Waals surface area contributed by atoms with Gasteiger partial charge in [0.05, 0.1) is 26.3 Å². The third-order valence-corrected chi connectivity index (χ3v) is 5.31. The summed E-state index contributed by atoms with van der Waals surface area (Å²) in [6.07, 6.45) is 0.0462. The molecule has 33 heavy (non-hydrogen) atoms. The molecule has 1 aliphatic rings. The Hall–Kier alpha value is -4.33. The van der Waals surface area contributed by atoms with Gasteiger partial charge in [-0.05, 0) is 72.8 Å². The Balaban J connectivity index is 1.39. The van der Waals surface area contributed by atoms with Crippen molar-refractivity contribution < 1.29 is 23.9 Å². The molecular formula is C25H23N3O5. The molecule has 0 unspecified atom stereocenters. The van der Waals surface area contributed by atoms with Gasteiger partial charge < -0.3 is 20.1 Å². The molecule has 3 aromatic carbocycles. The number of nitrogens with zero attached hydrogens (tertiary/aromatic N) is 1. The molecule has 0 saturated carbocycles. The second-order valence-electron chi connectivity index (χ2n) is 7.43. The summed E-state index contributed by atoms with van der Waals surface area (Å²) in [5, 5.41) is 5.91. The molecule has 8 heteroatoms. The summed E-state index contributed by atoms with van der Waals surface area (Å²) < 4.78 is 10.2. The van der Waals surface area contributed by atoms with E-state index in [0.29, 0.717) is 34.1 Å². The van der Waals surface area contributed by atoms with Crippen molar-refractivity contribution in [3.05, 3.63) is 78.4 Å². The van der Waals surface area contributed by atoms with E-state index in [1.807, 2.05) is 0 Å². The van der Waals surface area contributed by atoms with Crippen LogP contribution in [0.1, 0.15) is 16.8 Å². The van der Waals surface area contributed by atoms with Crippen LogP contribution in [0.15, 0.2) is 72.8 Å². The molecule has 1 atom stereocenters. The van der Waals surface area contributed by atoms with Crippen molar-refractivity contribution in [3.8, 4) is 11.5 Å². The van der Waals surface area contributed by atoms with Crippen molar-refractivity contribution >= 4 is 34.8 Å². The van der Waals surface area contributed by atoms with Crippen molar-refractivity contribution in [2.45, 2.75) is 12.5 Å². The molecule has 1 heterocycles. The second-order valence-corrected chi connectivity index (χ2v) is 7.43. The summed E-state index contributed by atoms with van der Waals surface area (Å²) in [6.45, 7) is 0. The number of hydrogen-bond donors (Lipinski definition) is 2. The zero-order valence-electron chi connectivity index (χ0n) is 18.2. The van der Waals surface area contributed by atoms with E-state index in [2.05, 4.69) is 10.6 Å². The van der Waals surface area contributed by atoms with Crippen LogP contribution in [0.4, 0.5) is 17.1 Å². The van der Waals surface area contributed by atoms with E-state index in [-0.39, 0.29) is 24.1 Å². The minimum absolute atomic E-state index is 0.0462. The van der Waals surface area contributed by atoms with Crippen LogP contribution in [0.25, 0.3) is 0 Å². The molecule has 0 spiro atoms. The minimum Gasteiger partial charge on any atom is -0.497 e. The normalized spacial score (nSPS) is 15.3. The van der Waals surface area contributed by atoms with Gasteiger partial charge in [0, 0.05) is 16.9 Å². The van der Waals surface area contributed by atoms with Crippen molar-refractivity contribution in [2.75, 3.05) is 29.8 Å². The van der Waals surface area contributed by atoms with Crippen molar-refractivity contribution in [3.63, 3.8) is 0 Å². The van der Waals surface area contributed by atoms with Gasteiger partial charge in [0.25, 0.3) is 11.8 Å². The predicted octanol–water partition coefficient (Wildman–Crippen LogP) is 3.70. The topological polar surface area (TPSA) is 97.0 Å². The van der Waals surface area contributed by atoms with Crippen LogP contribution < -0.4 is 25.0 Å². The van der Waals surface area contributed by atoms with Crippen molar-refractivity contribution in [1.82, 2.24) is 0 Å². The number of hydrogen-bond acceptors (Lipinski definition) is 6. The SMILES string of the molecule is COc1ccc(NC(=O)c2ccc(N[C@H]3CC(=O)N(c4ccc(OC)cc4)C3=O)cc2)cc1. The van der Waals surface area contributed by atoms with E-state index in [1.165, 1.54) is 4.90 Å². The number of rotatable bonds is 7. The Morgan fingerprint density at radius 2 is 1.36 bits per heavy atom. The first-order valence-electron chi connectivity index (χ1n) is 10.3. The number of nitrogens with one attached hydrogen (secondary N) is 2. The summed E-state index contributed by atoms with van der Waals surface area (Å²) in [6, 6.07) is 19.8. The van der Waals surface area contributed by atoms with Gasteiger partial charge in [-0.15, -0.1) is 0 Å². The maximum Gasteiger partial charge on any atom is 0.256 e. The molecule has 3 aromatic rings. The van der Waals surface area contributed by atoms with E-state index in [4.69, 9.17) is 9.47 Å². The van der Waals surface area contributed by atoms with Crippen LogP contribution in [0, 0.1) is 0 Å². The van der Waals surface area contributed by atoms with Crippen LogP contribution in [-0.2, 0) is 9.59 Å². The Kier molecular flexibility index (Phi) is 6.26. The molecule has 0 bridgehead atoms. The molecule has 8 nitrogen and oxygen atoms in total. The highest BCUT2D eigenvalue weighted by Crippen LogP contribution is 2.27. The quantitative estimate of drug-likeness (QED) is 0.539. The van der Waals surface area contributed by atoms with Crippen LogP contribution in [-0.4, -0.2) is 38.0 Å². The van der Waals surface area contributed by atoms with E-state index < -0.39 is 6.04 Å². The fraction of sp³-hybridized carbons (Fsp3) is 0.160. The van der Waals surface area contributed by atoms with Gasteiger partial charge in [0.15, 0.2) is 0 Å². The fourth-order valence-electron chi connectivity index (χ4n) is 3.54. The maximum atomic E-state index is 12.8. The van der Waals surface area contributed by atoms with E-state index in [0.717, 1.165) is 0 Å². The highest BCUT2D eigenvalue weighted by atomic mass is 16.5. The van der Waals surface area contributed by atoms with Crippen molar-refractivity contribution in [2.24, 2.45) is 0 Å². The summed E-state index contributed by atoms with van der Waals surface area (Å²) in [4.78, 5) is 39.0. The Morgan fingerprint density at radius 1 is 0.818 bits per heavy atom. The fourth-order valence-corrected chi connectivity index (χ4v) is 3.54. The van der Waals surface area contributed by atoms with Crippen LogP contribution >= 0.6 is 0 Å². The summed E-state index contributed by atoms with van der Waals surface area (Å²) in [5.41, 5.74) is 2.25. The zero-order valence-corrected chi connectivity index (χ0v) is 18.2. The van der Waals surface area contributed by atoms with Gasteiger partial charge in [0.1, 0.15) is 17.5 Å². The number of amides is 3. The predicted molar refractivity (Wildman–Crippen MR) is 125 cm³/mol. The highest BCUT2D eigenvalue weighted by molar-refractivity contribution is 6.23. The van der Waals surface area contributed by atoms with Gasteiger partial charge >= 0.3 is 0 Å². The van der Waals surface area contributed by atoms with E-state index in [1.54, 1.807) is 87.0 Å². The van der Waals surface area contributed by atoms with Gasteiger partial charge in [-0.3, -0.25) is 14.4 Å². The lowest BCUT2D eigenvalue weighted by Crippen LogP contribution is -2.34. The number of carbonyl (C=O) groups is 3. The number of carbonyl (C=O) groups excluding carboxylic acids is 3. The molecule has 1 fully saturated rings. The molecule has 3 amide bonds. The lowest BCUT2D eigenvalue weighted by atomic mass is 10.1. The molecule has 168 valence electrons. The standard InChI is InChI=1S/C25H23N3O5/c1-32-20-11-7-18(8-12-20)27-24(30)16-3-5-17(6-4-16)26-22-15-23(29)28(25(22)31)19-9-13-21(33-2)14-10-19/h3-14,22,26H,15H2,1-2H3,(H,27,30)/t22-/m0/s1. The van der Waals surface area contributed by atoms with Gasteiger partial charge in [0.2, 0.25) is 5.91 Å². The van der Waals surface area contributed by atoms with Gasteiger partial charge in [-0.25, -0.2) is 4.90 Å². The number of anilines is 3. The minimum atomic E-state index is -0.682. The molecule has 2 N–H and O–H groups in total. The average Bonchev–Trinajstić information content (AvgIpc) is 3.12. The van der Waals surface area contributed by atoms with Crippen LogP contribution in [0.3, 0.4) is 0 Å². The largest absolute Gasteiger partial charge is 0.497 e. The van der Waals surface area contributed by atoms with Crippen LogP contribution in [0.2, 0.25) is 0 Å². The lowest BCUT2D eigenvalue weighted by molar-refractivity contribution is -0.121. The molecule has 0 radical (unpaired) electrons. The molecule has 4 rings (SSSR count). The number of ether oxygens (including phenoxy) is 2. The van der Waals surface area contributed by atoms with Crippen molar-refractivity contribution in [1.29, 1.82) is 0 Å². The summed E-state index contributed by atoms with van der Waals surface area (Å²) in [5.74, 6) is 0.478.